The molecule has 1 saturated heterocycles. The van der Waals surface area contributed by atoms with Gasteiger partial charge in [-0.3, -0.25) is 4.79 Å². The lowest BCUT2D eigenvalue weighted by Crippen LogP contribution is -2.49. The van der Waals surface area contributed by atoms with Gasteiger partial charge in [0.15, 0.2) is 0 Å². The highest BCUT2D eigenvalue weighted by Crippen LogP contribution is 2.36. The molecule has 2 unspecified atom stereocenters. The first kappa shape index (κ1) is 31.3. The van der Waals surface area contributed by atoms with Crippen molar-refractivity contribution in [3.63, 3.8) is 0 Å². The number of rotatable bonds is 9. The van der Waals surface area contributed by atoms with E-state index in [0.717, 1.165) is 28.1 Å². The number of carbonyl (C=O) groups excluding carboxylic acids is 1. The van der Waals surface area contributed by atoms with Crippen LogP contribution in [0.2, 0.25) is 0 Å². The molecule has 0 saturated carbocycles. The van der Waals surface area contributed by atoms with Gasteiger partial charge in [-0.2, -0.15) is 0 Å². The molecule has 234 valence electrons. The molecule has 1 fully saturated rings. The molecule has 0 amide bonds. The van der Waals surface area contributed by atoms with Crippen molar-refractivity contribution in [2.75, 3.05) is 0 Å². The topological polar surface area (TPSA) is 88.4 Å². The van der Waals surface area contributed by atoms with Gasteiger partial charge in [0.1, 0.15) is 23.6 Å². The number of esters is 1. The lowest BCUT2D eigenvalue weighted by molar-refractivity contribution is -0.157. The largest absolute Gasteiger partial charge is 0.494 e. The number of nitrogens with zero attached hydrogens (tertiary/aromatic N) is 4. The third kappa shape index (κ3) is 7.58. The standard InChI is InChI=1S/C36H36BFN4O4/c1-36(2,3)44-32(43)23-30-22-29(45-37(46-30)27-12-8-5-9-13-27)19-21-42-34(31-18-20-39-24-40-31)33(25-14-16-28(38)17-15-25)41-35(42)26-10-6-4-7-11-26/h4-18,20,24,29-30H,19,21-23H2,1-3H3. The van der Waals surface area contributed by atoms with Gasteiger partial charge < -0.3 is 18.6 Å². The Kier molecular flexibility index (Phi) is 9.37. The van der Waals surface area contributed by atoms with E-state index in [1.54, 1.807) is 18.3 Å². The molecule has 3 heterocycles. The minimum absolute atomic E-state index is 0.127. The average Bonchev–Trinajstić information content (AvgIpc) is 3.44. The van der Waals surface area contributed by atoms with E-state index in [2.05, 4.69) is 14.5 Å². The van der Waals surface area contributed by atoms with E-state index in [9.17, 15) is 9.18 Å². The lowest BCUT2D eigenvalue weighted by atomic mass is 9.76. The summed E-state index contributed by atoms with van der Waals surface area (Å²) in [5.41, 5.74) is 4.19. The maximum absolute atomic E-state index is 13.9. The second-order valence-electron chi connectivity index (χ2n) is 12.3. The fourth-order valence-corrected chi connectivity index (χ4v) is 5.69. The van der Waals surface area contributed by atoms with Gasteiger partial charge >= 0.3 is 13.1 Å². The molecule has 5 aromatic rings. The first-order valence-corrected chi connectivity index (χ1v) is 15.5. The lowest BCUT2D eigenvalue weighted by Gasteiger charge is -2.35. The Morgan fingerprint density at radius 2 is 1.63 bits per heavy atom. The Morgan fingerprint density at radius 1 is 0.935 bits per heavy atom. The fourth-order valence-electron chi connectivity index (χ4n) is 5.69. The molecule has 0 spiro atoms. The normalized spacial score (nSPS) is 16.7. The zero-order valence-electron chi connectivity index (χ0n) is 26.2. The van der Waals surface area contributed by atoms with Gasteiger partial charge in [-0.25, -0.2) is 19.3 Å². The van der Waals surface area contributed by atoms with Crippen LogP contribution in [0.25, 0.3) is 34.0 Å². The van der Waals surface area contributed by atoms with Crippen molar-refractivity contribution in [1.82, 2.24) is 19.5 Å². The van der Waals surface area contributed by atoms with E-state index in [0.29, 0.717) is 30.8 Å². The number of benzene rings is 3. The van der Waals surface area contributed by atoms with Crippen molar-refractivity contribution in [1.29, 1.82) is 0 Å². The summed E-state index contributed by atoms with van der Waals surface area (Å²) < 4.78 is 34.6. The van der Waals surface area contributed by atoms with Crippen LogP contribution in [0.5, 0.6) is 0 Å². The smallest absolute Gasteiger partial charge is 0.460 e. The maximum Gasteiger partial charge on any atom is 0.494 e. The monoisotopic (exact) mass is 618 g/mol. The molecule has 0 bridgehead atoms. The van der Waals surface area contributed by atoms with Crippen LogP contribution < -0.4 is 5.46 Å². The molecule has 0 radical (unpaired) electrons. The Morgan fingerprint density at radius 3 is 2.30 bits per heavy atom. The van der Waals surface area contributed by atoms with Crippen molar-refractivity contribution in [2.45, 2.75) is 64.4 Å². The van der Waals surface area contributed by atoms with Crippen molar-refractivity contribution in [2.24, 2.45) is 0 Å². The highest BCUT2D eigenvalue weighted by molar-refractivity contribution is 6.61. The van der Waals surface area contributed by atoms with Crippen LogP contribution in [0.3, 0.4) is 0 Å². The number of ether oxygens (including phenoxy) is 1. The van der Waals surface area contributed by atoms with Crippen molar-refractivity contribution in [3.05, 3.63) is 109 Å². The Bertz CT molecular complexity index is 1750. The molecule has 1 aliphatic heterocycles. The third-order valence-electron chi connectivity index (χ3n) is 7.66. The van der Waals surface area contributed by atoms with Crippen LogP contribution >= 0.6 is 0 Å². The number of aromatic nitrogens is 4. The quantitative estimate of drug-likeness (QED) is 0.138. The number of halogens is 1. The summed E-state index contributed by atoms with van der Waals surface area (Å²) in [6.45, 7) is 6.10. The van der Waals surface area contributed by atoms with Crippen LogP contribution in [0.4, 0.5) is 4.39 Å². The highest BCUT2D eigenvalue weighted by atomic mass is 19.1. The highest BCUT2D eigenvalue weighted by Gasteiger charge is 2.37. The van der Waals surface area contributed by atoms with Crippen LogP contribution in [0, 0.1) is 5.82 Å². The summed E-state index contributed by atoms with van der Waals surface area (Å²) in [5.74, 6) is 0.132. The van der Waals surface area contributed by atoms with E-state index < -0.39 is 12.7 Å². The van der Waals surface area contributed by atoms with Crippen LogP contribution in [-0.4, -0.2) is 50.4 Å². The predicted molar refractivity (Wildman–Crippen MR) is 175 cm³/mol. The summed E-state index contributed by atoms with van der Waals surface area (Å²) >= 11 is 0. The van der Waals surface area contributed by atoms with E-state index in [1.165, 1.54) is 18.5 Å². The first-order valence-electron chi connectivity index (χ1n) is 15.5. The van der Waals surface area contributed by atoms with Gasteiger partial charge in [-0.1, -0.05) is 60.7 Å². The van der Waals surface area contributed by atoms with Gasteiger partial charge in [-0.05, 0) is 69.4 Å². The molecule has 2 aromatic heterocycles. The third-order valence-corrected chi connectivity index (χ3v) is 7.66. The second-order valence-corrected chi connectivity index (χ2v) is 12.3. The molecule has 6 rings (SSSR count). The first-order chi connectivity index (χ1) is 22.2. The molecule has 2 atom stereocenters. The minimum atomic E-state index is -0.625. The summed E-state index contributed by atoms with van der Waals surface area (Å²) in [4.78, 5) is 26.7. The maximum atomic E-state index is 13.9. The van der Waals surface area contributed by atoms with Crippen molar-refractivity contribution in [3.8, 4) is 34.0 Å². The van der Waals surface area contributed by atoms with Gasteiger partial charge in [0, 0.05) is 30.0 Å². The molecule has 1 aliphatic rings. The minimum Gasteiger partial charge on any atom is -0.460 e. The molecule has 10 heteroatoms. The Balaban J connectivity index is 1.36. The Hall–Kier alpha value is -4.67. The molecule has 0 aliphatic carbocycles. The summed E-state index contributed by atoms with van der Waals surface area (Å²) in [6, 6.07) is 27.9. The van der Waals surface area contributed by atoms with E-state index >= 15 is 0 Å². The SMILES string of the molecule is CC(C)(C)OC(=O)CC1CC(CCn2c(-c3ccccc3)nc(-c3ccc(F)cc3)c2-c2ccncn2)OB(c2ccccc2)O1. The number of carbonyl (C=O) groups is 1. The number of imidazole rings is 1. The van der Waals surface area contributed by atoms with E-state index in [4.69, 9.17) is 19.0 Å². The fraction of sp³-hybridized carbons (Fsp3) is 0.278. The van der Waals surface area contributed by atoms with Crippen molar-refractivity contribution >= 4 is 18.6 Å². The Labute approximate surface area is 268 Å². The van der Waals surface area contributed by atoms with Gasteiger partial charge in [0.05, 0.1) is 29.6 Å². The molecule has 8 nitrogen and oxygen atoms in total. The van der Waals surface area contributed by atoms with E-state index in [1.807, 2.05) is 87.5 Å². The van der Waals surface area contributed by atoms with Gasteiger partial charge in [-0.15, -0.1) is 0 Å². The number of hydrogen-bond acceptors (Lipinski definition) is 7. The summed E-state index contributed by atoms with van der Waals surface area (Å²) in [5, 5.41) is 0. The second kappa shape index (κ2) is 13.8. The van der Waals surface area contributed by atoms with Crippen LogP contribution in [-0.2, 0) is 25.4 Å². The zero-order chi connectivity index (χ0) is 32.1. The molecular weight excluding hydrogens is 582 g/mol. The molecule has 0 N–H and O–H groups in total. The molecular formula is C36H36BFN4O4. The summed E-state index contributed by atoms with van der Waals surface area (Å²) in [7, 11) is -0.625. The molecule has 3 aromatic carbocycles. The number of hydrogen-bond donors (Lipinski definition) is 0. The summed E-state index contributed by atoms with van der Waals surface area (Å²) in [6.07, 6.45) is 3.85. The van der Waals surface area contributed by atoms with Gasteiger partial charge in [0.25, 0.3) is 0 Å². The van der Waals surface area contributed by atoms with Crippen LogP contribution in [0.15, 0.2) is 104 Å². The van der Waals surface area contributed by atoms with Crippen LogP contribution in [0.1, 0.15) is 40.0 Å². The van der Waals surface area contributed by atoms with Crippen molar-refractivity contribution < 1.29 is 23.2 Å². The van der Waals surface area contributed by atoms with E-state index in [-0.39, 0.29) is 30.4 Å². The van der Waals surface area contributed by atoms with Gasteiger partial charge in [0.2, 0.25) is 0 Å². The predicted octanol–water partition coefficient (Wildman–Crippen LogP) is 6.50. The average molecular weight is 619 g/mol. The zero-order valence-corrected chi connectivity index (χ0v) is 26.2. The molecule has 46 heavy (non-hydrogen) atoms.